The summed E-state index contributed by atoms with van der Waals surface area (Å²) in [6.45, 7) is 0.705. The van der Waals surface area contributed by atoms with Crippen molar-refractivity contribution in [1.82, 2.24) is 0 Å². The maximum absolute atomic E-state index is 11.8. The number of methoxy groups -OCH3 is 1. The zero-order valence-corrected chi connectivity index (χ0v) is 11.2. The molecule has 20 heavy (non-hydrogen) atoms. The Labute approximate surface area is 116 Å². The average Bonchev–Trinajstić information content (AvgIpc) is 2.46. The molecule has 1 aliphatic heterocycles. The van der Waals surface area contributed by atoms with Crippen LogP contribution in [0.15, 0.2) is 18.2 Å². The number of nitrogens with two attached hydrogens (primary N) is 1. The minimum Gasteiger partial charge on any atom is -0.467 e. The van der Waals surface area contributed by atoms with Crippen molar-refractivity contribution >= 4 is 23.0 Å². The normalized spacial score (nSPS) is 18.6. The Balaban J connectivity index is 2.31. The standard InChI is InChI=1S/C13H17N3O4/c1-20-13(17)12-4-2-3-7-15(12)9-5-6-11(16(18)19)10(14)8-9/h5-6,8,12H,2-4,7,14H2,1H3. The minimum absolute atomic E-state index is 0.0988. The Hall–Kier alpha value is -2.31. The van der Waals surface area contributed by atoms with Crippen molar-refractivity contribution in [2.24, 2.45) is 0 Å². The lowest BCUT2D eigenvalue weighted by atomic mass is 10.0. The summed E-state index contributed by atoms with van der Waals surface area (Å²) in [5.74, 6) is -0.290. The van der Waals surface area contributed by atoms with Gasteiger partial charge >= 0.3 is 5.97 Å². The number of anilines is 2. The Morgan fingerprint density at radius 3 is 2.85 bits per heavy atom. The second-order valence-electron chi connectivity index (χ2n) is 4.73. The van der Waals surface area contributed by atoms with E-state index in [1.54, 1.807) is 12.1 Å². The molecule has 1 aromatic rings. The van der Waals surface area contributed by atoms with Crippen LogP contribution in [0.5, 0.6) is 0 Å². The molecular weight excluding hydrogens is 262 g/mol. The molecule has 2 N–H and O–H groups in total. The van der Waals surface area contributed by atoms with E-state index in [1.165, 1.54) is 13.2 Å². The summed E-state index contributed by atoms with van der Waals surface area (Å²) in [6, 6.07) is 4.18. The third-order valence-electron chi connectivity index (χ3n) is 3.52. The van der Waals surface area contributed by atoms with Crippen LogP contribution in [0.1, 0.15) is 19.3 Å². The number of hydrogen-bond donors (Lipinski definition) is 1. The number of benzene rings is 1. The second-order valence-corrected chi connectivity index (χ2v) is 4.73. The van der Waals surface area contributed by atoms with Gasteiger partial charge in [-0.25, -0.2) is 4.79 Å². The lowest BCUT2D eigenvalue weighted by molar-refractivity contribution is -0.383. The fraction of sp³-hybridized carbons (Fsp3) is 0.462. The van der Waals surface area contributed by atoms with E-state index in [0.29, 0.717) is 18.7 Å². The summed E-state index contributed by atoms with van der Waals surface area (Å²) in [6.07, 6.45) is 2.63. The van der Waals surface area contributed by atoms with Crippen molar-refractivity contribution in [3.05, 3.63) is 28.3 Å². The first-order chi connectivity index (χ1) is 9.54. The van der Waals surface area contributed by atoms with E-state index in [1.807, 2.05) is 4.90 Å². The number of rotatable bonds is 3. The van der Waals surface area contributed by atoms with Gasteiger partial charge in [0.1, 0.15) is 11.7 Å². The van der Waals surface area contributed by atoms with Gasteiger partial charge in [-0.15, -0.1) is 0 Å². The molecule has 7 nitrogen and oxygen atoms in total. The fourth-order valence-electron chi connectivity index (χ4n) is 2.51. The number of nitro groups is 1. The number of carbonyl (C=O) groups excluding carboxylic acids is 1. The number of ether oxygens (including phenoxy) is 1. The highest BCUT2D eigenvalue weighted by Gasteiger charge is 2.30. The molecule has 1 aromatic carbocycles. The predicted molar refractivity (Wildman–Crippen MR) is 74.5 cm³/mol. The van der Waals surface area contributed by atoms with Crippen LogP contribution in [0.4, 0.5) is 17.1 Å². The molecule has 1 aliphatic rings. The van der Waals surface area contributed by atoms with E-state index in [2.05, 4.69) is 0 Å². The number of esters is 1. The van der Waals surface area contributed by atoms with Crippen molar-refractivity contribution < 1.29 is 14.5 Å². The first-order valence-electron chi connectivity index (χ1n) is 6.43. The van der Waals surface area contributed by atoms with E-state index in [4.69, 9.17) is 10.5 Å². The maximum atomic E-state index is 11.8. The number of nitro benzene ring substituents is 1. The van der Waals surface area contributed by atoms with Gasteiger partial charge in [0.2, 0.25) is 0 Å². The molecule has 0 radical (unpaired) electrons. The molecule has 0 aromatic heterocycles. The monoisotopic (exact) mass is 279 g/mol. The van der Waals surface area contributed by atoms with Crippen molar-refractivity contribution in [3.8, 4) is 0 Å². The van der Waals surface area contributed by atoms with Crippen LogP contribution in [0.25, 0.3) is 0 Å². The lowest BCUT2D eigenvalue weighted by Crippen LogP contribution is -2.45. The number of nitrogens with zero attached hydrogens (tertiary/aromatic N) is 2. The summed E-state index contributed by atoms with van der Waals surface area (Å²) in [5, 5.41) is 10.8. The molecule has 0 spiro atoms. The molecule has 108 valence electrons. The van der Waals surface area contributed by atoms with Gasteiger partial charge in [0, 0.05) is 18.3 Å². The smallest absolute Gasteiger partial charge is 0.328 e. The van der Waals surface area contributed by atoms with E-state index >= 15 is 0 Å². The van der Waals surface area contributed by atoms with Crippen LogP contribution in [0.2, 0.25) is 0 Å². The summed E-state index contributed by atoms with van der Waals surface area (Å²) < 4.78 is 4.81. The molecule has 1 heterocycles. The van der Waals surface area contributed by atoms with Crippen molar-refractivity contribution in [1.29, 1.82) is 0 Å². The van der Waals surface area contributed by atoms with E-state index in [0.717, 1.165) is 12.8 Å². The van der Waals surface area contributed by atoms with Crippen LogP contribution >= 0.6 is 0 Å². The highest BCUT2D eigenvalue weighted by atomic mass is 16.6. The topological polar surface area (TPSA) is 98.7 Å². The quantitative estimate of drug-likeness (QED) is 0.391. The first kappa shape index (κ1) is 14.1. The number of piperidine rings is 1. The Bertz CT molecular complexity index is 532. The molecule has 7 heteroatoms. The SMILES string of the molecule is COC(=O)C1CCCCN1c1ccc([N+](=O)[O-])c(N)c1. The summed E-state index contributed by atoms with van der Waals surface area (Å²) in [5.41, 5.74) is 6.38. The Morgan fingerprint density at radius 1 is 1.50 bits per heavy atom. The molecule has 0 saturated carbocycles. The van der Waals surface area contributed by atoms with Gasteiger partial charge < -0.3 is 15.4 Å². The van der Waals surface area contributed by atoms with Gasteiger partial charge in [-0.1, -0.05) is 0 Å². The highest BCUT2D eigenvalue weighted by molar-refractivity contribution is 5.81. The van der Waals surface area contributed by atoms with Crippen LogP contribution in [-0.4, -0.2) is 30.6 Å². The van der Waals surface area contributed by atoms with E-state index < -0.39 is 4.92 Å². The van der Waals surface area contributed by atoms with E-state index in [9.17, 15) is 14.9 Å². The van der Waals surface area contributed by atoms with Gasteiger partial charge in [0.15, 0.2) is 0 Å². The van der Waals surface area contributed by atoms with E-state index in [-0.39, 0.29) is 23.4 Å². The first-order valence-corrected chi connectivity index (χ1v) is 6.43. The largest absolute Gasteiger partial charge is 0.467 e. The molecule has 0 bridgehead atoms. The Kier molecular flexibility index (Phi) is 4.07. The summed E-state index contributed by atoms with van der Waals surface area (Å²) in [7, 11) is 1.36. The molecule has 2 rings (SSSR count). The maximum Gasteiger partial charge on any atom is 0.328 e. The van der Waals surface area contributed by atoms with Gasteiger partial charge in [0.25, 0.3) is 5.69 Å². The minimum atomic E-state index is -0.521. The Morgan fingerprint density at radius 2 is 2.25 bits per heavy atom. The van der Waals surface area contributed by atoms with Gasteiger partial charge in [-0.05, 0) is 31.4 Å². The van der Waals surface area contributed by atoms with Gasteiger partial charge in [-0.3, -0.25) is 10.1 Å². The summed E-state index contributed by atoms with van der Waals surface area (Å²) in [4.78, 5) is 24.0. The highest BCUT2D eigenvalue weighted by Crippen LogP contribution is 2.31. The van der Waals surface area contributed by atoms with Crippen molar-refractivity contribution in [2.45, 2.75) is 25.3 Å². The predicted octanol–water partition coefficient (Wildman–Crippen LogP) is 1.71. The average molecular weight is 279 g/mol. The number of nitrogen functional groups attached to an aromatic ring is 1. The van der Waals surface area contributed by atoms with Crippen LogP contribution < -0.4 is 10.6 Å². The zero-order valence-electron chi connectivity index (χ0n) is 11.2. The van der Waals surface area contributed by atoms with Crippen molar-refractivity contribution in [3.63, 3.8) is 0 Å². The van der Waals surface area contributed by atoms with Gasteiger partial charge in [0.05, 0.1) is 12.0 Å². The summed E-state index contributed by atoms with van der Waals surface area (Å²) >= 11 is 0. The third-order valence-corrected chi connectivity index (χ3v) is 3.52. The molecule has 0 aliphatic carbocycles. The number of carbonyl (C=O) groups is 1. The third kappa shape index (κ3) is 2.66. The van der Waals surface area contributed by atoms with Crippen LogP contribution in [0.3, 0.4) is 0 Å². The molecule has 1 fully saturated rings. The number of hydrogen-bond acceptors (Lipinski definition) is 6. The molecule has 1 saturated heterocycles. The van der Waals surface area contributed by atoms with Crippen LogP contribution in [-0.2, 0) is 9.53 Å². The lowest BCUT2D eigenvalue weighted by Gasteiger charge is -2.35. The molecular formula is C13H17N3O4. The zero-order chi connectivity index (χ0) is 14.7. The molecule has 1 unspecified atom stereocenters. The molecule has 0 amide bonds. The van der Waals surface area contributed by atoms with Crippen molar-refractivity contribution in [2.75, 3.05) is 24.3 Å². The molecule has 1 atom stereocenters. The van der Waals surface area contributed by atoms with Gasteiger partial charge in [-0.2, -0.15) is 0 Å². The second kappa shape index (κ2) is 5.77. The van der Waals surface area contributed by atoms with Crippen LogP contribution in [0, 0.1) is 10.1 Å². The fourth-order valence-corrected chi connectivity index (χ4v) is 2.51.